The summed E-state index contributed by atoms with van der Waals surface area (Å²) in [6.45, 7) is 11.6. The molecule has 4 aliphatic heterocycles. The number of amides is 4. The summed E-state index contributed by atoms with van der Waals surface area (Å²) < 4.78 is 6.14. The number of piperidine rings is 3. The number of hydrogen-bond acceptors (Lipinski definition) is 6. The van der Waals surface area contributed by atoms with E-state index in [9.17, 15) is 19.2 Å². The number of carbonyl (C=O) groups excluding carboxylic acids is 3. The normalized spacial score (nSPS) is 21.2. The molecule has 0 aliphatic carbocycles. The molecule has 1 aromatic heterocycles. The highest BCUT2D eigenvalue weighted by atomic mass is 16.6. The lowest BCUT2D eigenvalue weighted by molar-refractivity contribution is -0.142. The van der Waals surface area contributed by atoms with Gasteiger partial charge in [0.25, 0.3) is 5.91 Å². The number of fused-ring (bicyclic) bond motifs is 2. The summed E-state index contributed by atoms with van der Waals surface area (Å²) >= 11 is 0. The van der Waals surface area contributed by atoms with Crippen molar-refractivity contribution in [1.29, 1.82) is 0 Å². The van der Waals surface area contributed by atoms with Crippen molar-refractivity contribution in [2.75, 3.05) is 51.1 Å². The van der Waals surface area contributed by atoms with Crippen LogP contribution in [-0.4, -0.2) is 107 Å². The molecule has 4 amide bonds. The molecule has 1 atom stereocenters. The predicted molar refractivity (Wildman–Crippen MR) is 198 cm³/mol. The zero-order valence-corrected chi connectivity index (χ0v) is 30.3. The Kier molecular flexibility index (Phi) is 10.1. The lowest BCUT2D eigenvalue weighted by Gasteiger charge is -2.44. The number of ether oxygens (including phenoxy) is 1. The predicted octanol–water partition coefficient (Wildman–Crippen LogP) is 5.55. The van der Waals surface area contributed by atoms with Gasteiger partial charge in [-0.25, -0.2) is 9.59 Å². The number of benzene rings is 2. The number of aryl methyl sites for hydroxylation is 1. The van der Waals surface area contributed by atoms with Crippen molar-refractivity contribution in [3.63, 3.8) is 0 Å². The minimum atomic E-state index is -0.975. The van der Waals surface area contributed by atoms with Crippen molar-refractivity contribution in [3.8, 4) is 0 Å². The molecule has 2 aromatic carbocycles. The Morgan fingerprint density at radius 3 is 2.29 bits per heavy atom. The lowest BCUT2D eigenvalue weighted by Crippen LogP contribution is -2.53. The third-order valence-corrected chi connectivity index (χ3v) is 11.8. The molecule has 7 rings (SSSR count). The van der Waals surface area contributed by atoms with Gasteiger partial charge in [0, 0.05) is 63.0 Å². The number of H-pyrrole nitrogens is 1. The fraction of sp³-hybridized carbons (Fsp3) is 0.550. The first kappa shape index (κ1) is 35.0. The van der Waals surface area contributed by atoms with E-state index in [1.807, 2.05) is 53.1 Å². The molecule has 3 fully saturated rings. The molecule has 0 unspecified atom stereocenters. The van der Waals surface area contributed by atoms with Gasteiger partial charge in [0.2, 0.25) is 5.56 Å². The van der Waals surface area contributed by atoms with Crippen LogP contribution < -0.4 is 10.9 Å². The van der Waals surface area contributed by atoms with Gasteiger partial charge >= 0.3 is 12.1 Å². The molecule has 0 spiro atoms. The molecule has 0 bridgehead atoms. The van der Waals surface area contributed by atoms with E-state index >= 15 is 0 Å². The third-order valence-electron chi connectivity index (χ3n) is 11.8. The summed E-state index contributed by atoms with van der Waals surface area (Å²) in [5.41, 5.74) is 4.74. The number of nitrogens with one attached hydrogen (secondary N) is 2. The number of pyridine rings is 1. The van der Waals surface area contributed by atoms with Crippen LogP contribution in [0.2, 0.25) is 0 Å². The van der Waals surface area contributed by atoms with Gasteiger partial charge in [-0.1, -0.05) is 38.1 Å². The van der Waals surface area contributed by atoms with Gasteiger partial charge in [-0.3, -0.25) is 9.59 Å². The molecule has 0 saturated carbocycles. The molecular weight excluding hydrogens is 644 g/mol. The monoisotopic (exact) mass is 696 g/mol. The average Bonchev–Trinajstić information content (AvgIpc) is 3.29. The number of anilines is 1. The van der Waals surface area contributed by atoms with E-state index in [0.29, 0.717) is 57.0 Å². The van der Waals surface area contributed by atoms with Crippen LogP contribution >= 0.6 is 0 Å². The largest absolute Gasteiger partial charge is 0.436 e. The quantitative estimate of drug-likeness (QED) is 0.349. The van der Waals surface area contributed by atoms with Crippen molar-refractivity contribution in [3.05, 3.63) is 75.6 Å². The van der Waals surface area contributed by atoms with E-state index in [-0.39, 0.29) is 30.0 Å². The van der Waals surface area contributed by atoms with E-state index in [2.05, 4.69) is 29.0 Å². The second kappa shape index (κ2) is 14.7. The van der Waals surface area contributed by atoms with Crippen LogP contribution in [0.25, 0.3) is 10.9 Å². The SMILES string of the molecule is Cc1cc(C[C@@H](OC(=O)N2CCC(N3CCc4ccccc4NC3=O)CC2)C(=O)N2CCC(N3CCC(C)(C)CC3)CC2)cc2ccc(=O)[nH]c12. The number of carbonyl (C=O) groups is 3. The van der Waals surface area contributed by atoms with Gasteiger partial charge in [0.05, 0.1) is 5.52 Å². The van der Waals surface area contributed by atoms with E-state index in [1.165, 1.54) is 18.9 Å². The number of para-hydroxylation sites is 1. The highest BCUT2D eigenvalue weighted by Crippen LogP contribution is 2.33. The average molecular weight is 697 g/mol. The molecule has 11 nitrogen and oxygen atoms in total. The van der Waals surface area contributed by atoms with Crippen LogP contribution in [0.1, 0.15) is 69.1 Å². The zero-order chi connectivity index (χ0) is 35.7. The molecule has 4 aliphatic rings. The number of aromatic nitrogens is 1. The van der Waals surface area contributed by atoms with Gasteiger partial charge in [0.1, 0.15) is 0 Å². The number of urea groups is 1. The molecule has 3 aromatic rings. The first-order valence-corrected chi connectivity index (χ1v) is 18.8. The number of hydrogen-bond donors (Lipinski definition) is 2. The summed E-state index contributed by atoms with van der Waals surface area (Å²) in [7, 11) is 0. The standard InChI is InChI=1S/C40H52N6O5/c1-27-24-28(25-30-8-9-35(47)42-36(27)30)26-34(37(48)44-17-11-31(12-18-44)43-22-15-40(2,3)16-23-43)51-39(50)45-19-13-32(14-20-45)46-21-10-29-6-4-5-7-33(29)41-38(46)49/h4-9,24-25,31-32,34H,10-23,26H2,1-3H3,(H,41,49)(H,42,47)/t34-/m1/s1. The van der Waals surface area contributed by atoms with Crippen LogP contribution in [0, 0.1) is 12.3 Å². The summed E-state index contributed by atoms with van der Waals surface area (Å²) in [6.07, 6.45) is 5.05. The lowest BCUT2D eigenvalue weighted by atomic mass is 9.82. The van der Waals surface area contributed by atoms with E-state index in [1.54, 1.807) is 11.0 Å². The third kappa shape index (κ3) is 7.93. The Morgan fingerprint density at radius 2 is 1.55 bits per heavy atom. The van der Waals surface area contributed by atoms with E-state index < -0.39 is 12.2 Å². The van der Waals surface area contributed by atoms with Gasteiger partial charge in [0.15, 0.2) is 6.10 Å². The molecule has 11 heteroatoms. The van der Waals surface area contributed by atoms with Gasteiger partial charge in [-0.2, -0.15) is 0 Å². The molecular formula is C40H52N6O5. The number of nitrogens with zero attached hydrogens (tertiary/aromatic N) is 4. The van der Waals surface area contributed by atoms with E-state index in [4.69, 9.17) is 4.74 Å². The topological polar surface area (TPSA) is 118 Å². The summed E-state index contributed by atoms with van der Waals surface area (Å²) in [5.74, 6) is -0.156. The maximum Gasteiger partial charge on any atom is 0.410 e. The van der Waals surface area contributed by atoms with Crippen molar-refractivity contribution in [2.24, 2.45) is 5.41 Å². The van der Waals surface area contributed by atoms with Crippen LogP contribution in [0.5, 0.6) is 0 Å². The zero-order valence-electron chi connectivity index (χ0n) is 30.3. The highest BCUT2D eigenvalue weighted by Gasteiger charge is 2.37. The molecule has 51 heavy (non-hydrogen) atoms. The highest BCUT2D eigenvalue weighted by molar-refractivity contribution is 5.91. The minimum absolute atomic E-state index is 0.0140. The Balaban J connectivity index is 1.01. The van der Waals surface area contributed by atoms with Crippen LogP contribution in [0.4, 0.5) is 15.3 Å². The Labute approximate surface area is 300 Å². The van der Waals surface area contributed by atoms with Crippen molar-refractivity contribution < 1.29 is 19.1 Å². The minimum Gasteiger partial charge on any atom is -0.436 e. The molecule has 3 saturated heterocycles. The summed E-state index contributed by atoms with van der Waals surface area (Å²) in [4.78, 5) is 64.1. The van der Waals surface area contributed by atoms with Crippen molar-refractivity contribution >= 4 is 34.6 Å². The van der Waals surface area contributed by atoms with Crippen LogP contribution in [0.15, 0.2) is 53.3 Å². The first-order valence-electron chi connectivity index (χ1n) is 18.8. The van der Waals surface area contributed by atoms with Crippen molar-refractivity contribution in [1.82, 2.24) is 24.6 Å². The Bertz CT molecular complexity index is 1810. The van der Waals surface area contributed by atoms with Gasteiger partial charge < -0.3 is 34.6 Å². The fourth-order valence-electron chi connectivity index (χ4n) is 8.48. The fourth-order valence-corrected chi connectivity index (χ4v) is 8.48. The smallest absolute Gasteiger partial charge is 0.410 e. The van der Waals surface area contributed by atoms with E-state index in [0.717, 1.165) is 65.6 Å². The molecule has 0 radical (unpaired) electrons. The molecule has 272 valence electrons. The van der Waals surface area contributed by atoms with Crippen LogP contribution in [-0.2, 0) is 22.4 Å². The maximum atomic E-state index is 14.2. The van der Waals surface area contributed by atoms with Crippen molar-refractivity contribution in [2.45, 2.75) is 90.3 Å². The first-order chi connectivity index (χ1) is 24.5. The summed E-state index contributed by atoms with van der Waals surface area (Å²) in [6, 6.07) is 15.5. The number of rotatable bonds is 6. The molecule has 5 heterocycles. The van der Waals surface area contributed by atoms with Gasteiger partial charge in [-0.05, 0) is 111 Å². The number of aromatic amines is 1. The molecule has 2 N–H and O–H groups in total. The maximum absolute atomic E-state index is 14.2. The second-order valence-corrected chi connectivity index (χ2v) is 15.8. The second-order valence-electron chi connectivity index (χ2n) is 15.8. The number of likely N-dealkylation sites (tertiary alicyclic amines) is 3. The van der Waals surface area contributed by atoms with Crippen LogP contribution in [0.3, 0.4) is 0 Å². The Hall–Kier alpha value is -4.38. The van der Waals surface area contributed by atoms with Gasteiger partial charge in [-0.15, -0.1) is 0 Å². The summed E-state index contributed by atoms with van der Waals surface area (Å²) in [5, 5.41) is 3.93. The Morgan fingerprint density at radius 1 is 0.863 bits per heavy atom.